The van der Waals surface area contributed by atoms with Crippen LogP contribution >= 0.6 is 0 Å². The van der Waals surface area contributed by atoms with Gasteiger partial charge >= 0.3 is 0 Å². The summed E-state index contributed by atoms with van der Waals surface area (Å²) in [7, 11) is -2.44. The molecule has 0 bridgehead atoms. The lowest BCUT2D eigenvalue weighted by atomic mass is 10.0. The smallest absolute Gasteiger partial charge is 0.255 e. The van der Waals surface area contributed by atoms with Gasteiger partial charge in [-0.3, -0.25) is 4.79 Å². The summed E-state index contributed by atoms with van der Waals surface area (Å²) in [6.07, 6.45) is 0.481. The van der Waals surface area contributed by atoms with E-state index in [0.29, 0.717) is 17.7 Å². The number of hydrazone groups is 1. The molecule has 2 N–H and O–H groups in total. The Morgan fingerprint density at radius 3 is 2.32 bits per heavy atom. The Morgan fingerprint density at radius 1 is 1.11 bits per heavy atom. The zero-order valence-electron chi connectivity index (χ0n) is 16.4. The maximum Gasteiger partial charge on any atom is 0.255 e. The molecule has 0 aromatic heterocycles. The molecule has 28 heavy (non-hydrogen) atoms. The lowest BCUT2D eigenvalue weighted by Crippen LogP contribution is -2.37. The normalized spacial score (nSPS) is 12.2. The van der Waals surface area contributed by atoms with Crippen LogP contribution in [-0.4, -0.2) is 43.0 Å². The molecule has 7 nitrogen and oxygen atoms in total. The summed E-state index contributed by atoms with van der Waals surface area (Å²) < 4.78 is 26.1. The summed E-state index contributed by atoms with van der Waals surface area (Å²) in [5.41, 5.74) is 5.30. The molecule has 0 unspecified atom stereocenters. The number of nitrogens with zero attached hydrogens (tertiary/aromatic N) is 2. The van der Waals surface area contributed by atoms with Crippen LogP contribution in [-0.2, 0) is 14.8 Å². The number of hydrogen-bond donors (Lipinski definition) is 2. The predicted octanol–water partition coefficient (Wildman–Crippen LogP) is 2.56. The van der Waals surface area contributed by atoms with Gasteiger partial charge < -0.3 is 5.11 Å². The first-order valence-corrected chi connectivity index (χ1v) is 10.3. The van der Waals surface area contributed by atoms with Crippen LogP contribution in [0.15, 0.2) is 52.5 Å². The number of aryl methyl sites for hydroxylation is 2. The fourth-order valence-electron chi connectivity index (χ4n) is 2.55. The standard InChI is InChI=1S/C20H25N3O4S/c1-5-18(17-12-15(3)8-11-19(17)24)21-22-20(25)13-23(4)28(26,27)16-9-6-14(2)7-10-16/h6-12,24H,5,13H2,1-4H3,(H,22,25)/b21-18+. The van der Waals surface area contributed by atoms with Crippen molar-refractivity contribution >= 4 is 21.6 Å². The van der Waals surface area contributed by atoms with E-state index >= 15 is 0 Å². The van der Waals surface area contributed by atoms with Gasteiger partial charge in [0.15, 0.2) is 0 Å². The number of carbonyl (C=O) groups is 1. The molecule has 0 saturated carbocycles. The van der Waals surface area contributed by atoms with Crippen molar-refractivity contribution in [3.63, 3.8) is 0 Å². The molecule has 2 aromatic rings. The van der Waals surface area contributed by atoms with Crippen molar-refractivity contribution in [3.8, 4) is 5.75 Å². The molecule has 0 saturated heterocycles. The number of sulfonamides is 1. The van der Waals surface area contributed by atoms with Crippen molar-refractivity contribution in [3.05, 3.63) is 59.2 Å². The molecule has 0 spiro atoms. The van der Waals surface area contributed by atoms with Crippen molar-refractivity contribution in [2.45, 2.75) is 32.1 Å². The lowest BCUT2D eigenvalue weighted by Gasteiger charge is -2.16. The summed E-state index contributed by atoms with van der Waals surface area (Å²) >= 11 is 0. The molecule has 0 aliphatic heterocycles. The average Bonchev–Trinajstić information content (AvgIpc) is 2.65. The second kappa shape index (κ2) is 8.99. The van der Waals surface area contributed by atoms with Crippen molar-refractivity contribution in [2.24, 2.45) is 5.10 Å². The molecule has 0 radical (unpaired) electrons. The maximum atomic E-state index is 12.6. The summed E-state index contributed by atoms with van der Waals surface area (Å²) in [4.78, 5) is 12.3. The third-order valence-electron chi connectivity index (χ3n) is 4.21. The van der Waals surface area contributed by atoms with E-state index in [9.17, 15) is 18.3 Å². The topological polar surface area (TPSA) is 99.1 Å². The second-order valence-corrected chi connectivity index (χ2v) is 8.59. The van der Waals surface area contributed by atoms with E-state index in [1.807, 2.05) is 20.8 Å². The van der Waals surface area contributed by atoms with Crippen molar-refractivity contribution in [1.29, 1.82) is 0 Å². The fraction of sp³-hybridized carbons (Fsp3) is 0.300. The number of amides is 1. The highest BCUT2D eigenvalue weighted by Gasteiger charge is 2.22. The third-order valence-corrected chi connectivity index (χ3v) is 6.03. The van der Waals surface area contributed by atoms with Gasteiger partial charge in [-0.25, -0.2) is 13.8 Å². The number of nitrogens with one attached hydrogen (secondary N) is 1. The van der Waals surface area contributed by atoms with E-state index in [2.05, 4.69) is 10.5 Å². The molecule has 0 fully saturated rings. The van der Waals surface area contributed by atoms with Gasteiger partial charge in [0, 0.05) is 12.6 Å². The van der Waals surface area contributed by atoms with Crippen LogP contribution in [0.1, 0.15) is 30.0 Å². The van der Waals surface area contributed by atoms with E-state index in [4.69, 9.17) is 0 Å². The van der Waals surface area contributed by atoms with Gasteiger partial charge in [0.2, 0.25) is 10.0 Å². The SMILES string of the molecule is CC/C(=N\NC(=O)CN(C)S(=O)(=O)c1ccc(C)cc1)c1cc(C)ccc1O. The van der Waals surface area contributed by atoms with Gasteiger partial charge in [-0.05, 0) is 44.5 Å². The fourth-order valence-corrected chi connectivity index (χ4v) is 3.68. The van der Waals surface area contributed by atoms with E-state index in [-0.39, 0.29) is 17.2 Å². The molecule has 8 heteroatoms. The van der Waals surface area contributed by atoms with Crippen LogP contribution in [0.5, 0.6) is 5.75 Å². The second-order valence-electron chi connectivity index (χ2n) is 6.54. The maximum absolute atomic E-state index is 12.6. The Balaban J connectivity index is 2.10. The van der Waals surface area contributed by atoms with Gasteiger partial charge in [-0.1, -0.05) is 36.2 Å². The summed E-state index contributed by atoms with van der Waals surface area (Å²) in [6.45, 7) is 5.22. The largest absolute Gasteiger partial charge is 0.507 e. The van der Waals surface area contributed by atoms with Crippen molar-refractivity contribution in [2.75, 3.05) is 13.6 Å². The third kappa shape index (κ3) is 5.17. The minimum atomic E-state index is -3.78. The highest BCUT2D eigenvalue weighted by molar-refractivity contribution is 7.89. The van der Waals surface area contributed by atoms with E-state index in [0.717, 1.165) is 15.4 Å². The molecule has 0 aliphatic rings. The monoisotopic (exact) mass is 403 g/mol. The van der Waals surface area contributed by atoms with Gasteiger partial charge in [0.25, 0.3) is 5.91 Å². The molecule has 0 atom stereocenters. The number of rotatable bonds is 7. The first-order chi connectivity index (χ1) is 13.1. The Labute approximate surface area is 165 Å². The summed E-state index contributed by atoms with van der Waals surface area (Å²) in [6, 6.07) is 11.5. The highest BCUT2D eigenvalue weighted by Crippen LogP contribution is 2.20. The molecule has 150 valence electrons. The van der Waals surface area contributed by atoms with Crippen LogP contribution in [0.4, 0.5) is 0 Å². The first-order valence-electron chi connectivity index (χ1n) is 8.83. The highest BCUT2D eigenvalue weighted by atomic mass is 32.2. The molecule has 2 rings (SSSR count). The molecule has 2 aromatic carbocycles. The van der Waals surface area contributed by atoms with Crippen LogP contribution in [0.25, 0.3) is 0 Å². The summed E-state index contributed by atoms with van der Waals surface area (Å²) in [5.74, 6) is -0.504. The Morgan fingerprint density at radius 2 is 1.71 bits per heavy atom. The number of aromatic hydroxyl groups is 1. The van der Waals surface area contributed by atoms with Crippen molar-refractivity contribution < 1.29 is 18.3 Å². The number of likely N-dealkylation sites (N-methyl/N-ethyl adjacent to an activating group) is 1. The molecular formula is C20H25N3O4S. The van der Waals surface area contributed by atoms with E-state index < -0.39 is 15.9 Å². The van der Waals surface area contributed by atoms with Crippen molar-refractivity contribution in [1.82, 2.24) is 9.73 Å². The number of carbonyl (C=O) groups excluding carboxylic acids is 1. The van der Waals surface area contributed by atoms with Crippen LogP contribution in [0.3, 0.4) is 0 Å². The Kier molecular flexibility index (Phi) is 6.93. The van der Waals surface area contributed by atoms with Gasteiger partial charge in [-0.15, -0.1) is 0 Å². The zero-order valence-corrected chi connectivity index (χ0v) is 17.2. The lowest BCUT2D eigenvalue weighted by molar-refractivity contribution is -0.121. The Bertz CT molecular complexity index is 983. The number of hydrogen-bond acceptors (Lipinski definition) is 5. The van der Waals surface area contributed by atoms with Gasteiger partial charge in [0.05, 0.1) is 17.2 Å². The van der Waals surface area contributed by atoms with Gasteiger partial charge in [-0.2, -0.15) is 9.41 Å². The molecular weight excluding hydrogens is 378 g/mol. The molecule has 0 heterocycles. The number of phenols is 1. The van der Waals surface area contributed by atoms with Crippen LogP contribution < -0.4 is 5.43 Å². The minimum Gasteiger partial charge on any atom is -0.507 e. The number of benzene rings is 2. The van der Waals surface area contributed by atoms with E-state index in [1.165, 1.54) is 19.2 Å². The average molecular weight is 404 g/mol. The Hall–Kier alpha value is -2.71. The number of phenolic OH excluding ortho intramolecular Hbond substituents is 1. The minimum absolute atomic E-state index is 0.0690. The predicted molar refractivity (Wildman–Crippen MR) is 109 cm³/mol. The molecule has 0 aliphatic carbocycles. The van der Waals surface area contributed by atoms with Gasteiger partial charge in [0.1, 0.15) is 5.75 Å². The summed E-state index contributed by atoms with van der Waals surface area (Å²) in [5, 5.41) is 14.1. The molecule has 1 amide bonds. The first kappa shape index (κ1) is 21.6. The van der Waals surface area contributed by atoms with E-state index in [1.54, 1.807) is 30.3 Å². The van der Waals surface area contributed by atoms with Crippen LogP contribution in [0, 0.1) is 13.8 Å². The quantitative estimate of drug-likeness (QED) is 0.548. The zero-order chi connectivity index (χ0) is 20.9. The van der Waals surface area contributed by atoms with Crippen LogP contribution in [0.2, 0.25) is 0 Å².